The van der Waals surface area contributed by atoms with Crippen molar-refractivity contribution in [3.8, 4) is 0 Å². The zero-order valence-corrected chi connectivity index (χ0v) is 8.72. The zero-order valence-electron chi connectivity index (χ0n) is 8.72. The minimum Gasteiger partial charge on any atom is -0.387 e. The highest BCUT2D eigenvalue weighted by Crippen LogP contribution is 2.21. The van der Waals surface area contributed by atoms with Crippen LogP contribution in [-0.4, -0.2) is 64.4 Å². The summed E-state index contributed by atoms with van der Waals surface area (Å²) < 4.78 is 9.56. The van der Waals surface area contributed by atoms with Crippen molar-refractivity contribution in [2.24, 2.45) is 11.5 Å². The largest absolute Gasteiger partial charge is 0.387 e. The molecule has 0 spiro atoms. The van der Waals surface area contributed by atoms with Crippen LogP contribution in [-0.2, 0) is 19.1 Å². The predicted molar refractivity (Wildman–Crippen MR) is 51.0 cm³/mol. The third-order valence-electron chi connectivity index (χ3n) is 2.24. The molecule has 0 aromatic heterocycles. The molecule has 1 saturated heterocycles. The quantitative estimate of drug-likeness (QED) is 0.337. The van der Waals surface area contributed by atoms with Gasteiger partial charge in [0.15, 0.2) is 12.4 Å². The smallest absolute Gasteiger partial charge is 0.249 e. The second-order valence-electron chi connectivity index (χ2n) is 3.58. The zero-order chi connectivity index (χ0) is 13.2. The predicted octanol–water partition coefficient (Wildman–Crippen LogP) is -4.22. The first-order chi connectivity index (χ1) is 7.84. The van der Waals surface area contributed by atoms with E-state index in [1.54, 1.807) is 0 Å². The third-order valence-corrected chi connectivity index (χ3v) is 2.24. The molecule has 0 aromatic rings. The minimum atomic E-state index is -1.68. The van der Waals surface area contributed by atoms with Gasteiger partial charge in [-0.15, -0.1) is 0 Å². The Balaban J connectivity index is 2.71. The Hall–Kier alpha value is -1.26. The van der Waals surface area contributed by atoms with Crippen molar-refractivity contribution in [3.05, 3.63) is 0 Å². The first-order valence-corrected chi connectivity index (χ1v) is 4.73. The fourth-order valence-electron chi connectivity index (χ4n) is 1.39. The number of primary amides is 2. The summed E-state index contributed by atoms with van der Waals surface area (Å²) in [5, 5.41) is 28.3. The maximum Gasteiger partial charge on any atom is 0.249 e. The van der Waals surface area contributed by atoms with Crippen LogP contribution in [0, 0.1) is 0 Å². The third kappa shape index (κ3) is 3.11. The van der Waals surface area contributed by atoms with Crippen molar-refractivity contribution >= 4 is 11.8 Å². The normalized spacial score (nSPS) is 37.7. The maximum absolute atomic E-state index is 10.9. The molecule has 0 bridgehead atoms. The highest BCUT2D eigenvalue weighted by atomic mass is 16.7. The molecule has 3 unspecified atom stereocenters. The van der Waals surface area contributed by atoms with Gasteiger partial charge < -0.3 is 36.3 Å². The lowest BCUT2D eigenvalue weighted by atomic mass is 9.98. The average molecular weight is 250 g/mol. The molecule has 17 heavy (non-hydrogen) atoms. The second-order valence-corrected chi connectivity index (χ2v) is 3.58. The highest BCUT2D eigenvalue weighted by molar-refractivity contribution is 5.79. The standard InChI is InChI=1S/C8H14N2O7/c9-2(11)1-16-8-5(14)3(12)4(13)6(17-8)7(10)15/h3-6,8,12-14H,1H2,(H2,9,11)(H2,10,15)/t3?,4-,5?,6?,8+/m1/s1. The van der Waals surface area contributed by atoms with Gasteiger partial charge in [0.25, 0.3) is 0 Å². The first-order valence-electron chi connectivity index (χ1n) is 4.73. The molecule has 9 heteroatoms. The highest BCUT2D eigenvalue weighted by Gasteiger charge is 2.46. The van der Waals surface area contributed by atoms with Crippen LogP contribution in [0.5, 0.6) is 0 Å². The molecular formula is C8H14N2O7. The summed E-state index contributed by atoms with van der Waals surface area (Å²) in [5.74, 6) is -1.85. The van der Waals surface area contributed by atoms with Crippen LogP contribution in [0.15, 0.2) is 0 Å². The lowest BCUT2D eigenvalue weighted by Crippen LogP contribution is -2.61. The summed E-state index contributed by atoms with van der Waals surface area (Å²) in [6.07, 6.45) is -7.99. The van der Waals surface area contributed by atoms with E-state index in [9.17, 15) is 24.9 Å². The van der Waals surface area contributed by atoms with Crippen molar-refractivity contribution in [2.45, 2.75) is 30.7 Å². The lowest BCUT2D eigenvalue weighted by Gasteiger charge is -2.38. The number of amides is 2. The fraction of sp³-hybridized carbons (Fsp3) is 0.750. The number of aliphatic hydroxyl groups is 3. The molecule has 98 valence electrons. The number of rotatable bonds is 4. The van der Waals surface area contributed by atoms with Gasteiger partial charge in [-0.3, -0.25) is 9.59 Å². The number of carbonyl (C=O) groups is 2. The summed E-state index contributed by atoms with van der Waals surface area (Å²) in [7, 11) is 0. The van der Waals surface area contributed by atoms with Gasteiger partial charge in [-0.25, -0.2) is 0 Å². The van der Waals surface area contributed by atoms with Crippen molar-refractivity contribution in [2.75, 3.05) is 6.61 Å². The van der Waals surface area contributed by atoms with Gasteiger partial charge in [-0.2, -0.15) is 0 Å². The SMILES string of the molecule is NC(=O)CO[C@H]1OC(C(N)=O)[C@H](O)C(O)C1O. The molecule has 1 aliphatic rings. The van der Waals surface area contributed by atoms with Crippen molar-refractivity contribution in [1.82, 2.24) is 0 Å². The first kappa shape index (κ1) is 13.8. The van der Waals surface area contributed by atoms with Crippen molar-refractivity contribution < 1.29 is 34.4 Å². The number of aliphatic hydroxyl groups excluding tert-OH is 3. The maximum atomic E-state index is 10.9. The number of hydrogen-bond acceptors (Lipinski definition) is 7. The van der Waals surface area contributed by atoms with Gasteiger partial charge in [-0.05, 0) is 0 Å². The molecule has 5 atom stereocenters. The Morgan fingerprint density at radius 3 is 2.18 bits per heavy atom. The van der Waals surface area contributed by atoms with Crippen molar-refractivity contribution in [3.63, 3.8) is 0 Å². The molecule has 1 rings (SSSR count). The monoisotopic (exact) mass is 250 g/mol. The Morgan fingerprint density at radius 1 is 1.12 bits per heavy atom. The Labute approximate surface area is 95.9 Å². The number of nitrogens with two attached hydrogens (primary N) is 2. The Kier molecular flexibility index (Phi) is 4.37. The van der Waals surface area contributed by atoms with Crippen LogP contribution in [0.25, 0.3) is 0 Å². The number of ether oxygens (including phenoxy) is 2. The fourth-order valence-corrected chi connectivity index (χ4v) is 1.39. The van der Waals surface area contributed by atoms with E-state index in [1.807, 2.05) is 0 Å². The molecule has 1 aliphatic heterocycles. The molecule has 0 saturated carbocycles. The molecule has 0 aliphatic carbocycles. The second kappa shape index (κ2) is 5.38. The molecule has 2 amide bonds. The van der Waals surface area contributed by atoms with E-state index < -0.39 is 49.1 Å². The summed E-state index contributed by atoms with van der Waals surface area (Å²) in [5.41, 5.74) is 9.73. The molecule has 0 aromatic carbocycles. The van der Waals surface area contributed by atoms with E-state index in [1.165, 1.54) is 0 Å². The van der Waals surface area contributed by atoms with Gasteiger partial charge in [0.05, 0.1) is 0 Å². The molecular weight excluding hydrogens is 236 g/mol. The van der Waals surface area contributed by atoms with Crippen molar-refractivity contribution in [1.29, 1.82) is 0 Å². The van der Waals surface area contributed by atoms with E-state index in [4.69, 9.17) is 20.9 Å². The van der Waals surface area contributed by atoms with E-state index in [0.29, 0.717) is 0 Å². The van der Waals surface area contributed by atoms with Gasteiger partial charge in [0.1, 0.15) is 24.9 Å². The van der Waals surface area contributed by atoms with Gasteiger partial charge >= 0.3 is 0 Å². The van der Waals surface area contributed by atoms with E-state index in [-0.39, 0.29) is 0 Å². The van der Waals surface area contributed by atoms with Crippen LogP contribution >= 0.6 is 0 Å². The Bertz CT molecular complexity index is 310. The minimum absolute atomic E-state index is 0.573. The van der Waals surface area contributed by atoms with Crippen LogP contribution in [0.4, 0.5) is 0 Å². The molecule has 1 heterocycles. The van der Waals surface area contributed by atoms with Crippen LogP contribution in [0.3, 0.4) is 0 Å². The summed E-state index contributed by atoms with van der Waals surface area (Å²) in [6, 6.07) is 0. The topological polar surface area (TPSA) is 165 Å². The summed E-state index contributed by atoms with van der Waals surface area (Å²) in [4.78, 5) is 21.4. The van der Waals surface area contributed by atoms with Gasteiger partial charge in [0.2, 0.25) is 11.8 Å². The van der Waals surface area contributed by atoms with E-state index in [2.05, 4.69) is 0 Å². The average Bonchev–Trinajstić information content (AvgIpc) is 2.24. The van der Waals surface area contributed by atoms with E-state index in [0.717, 1.165) is 0 Å². The molecule has 1 fully saturated rings. The van der Waals surface area contributed by atoms with Crippen LogP contribution < -0.4 is 11.5 Å². The molecule has 7 N–H and O–H groups in total. The lowest BCUT2D eigenvalue weighted by molar-refractivity contribution is -0.288. The molecule has 9 nitrogen and oxygen atoms in total. The van der Waals surface area contributed by atoms with Gasteiger partial charge in [-0.1, -0.05) is 0 Å². The summed E-state index contributed by atoms with van der Waals surface area (Å²) >= 11 is 0. The summed E-state index contributed by atoms with van der Waals surface area (Å²) in [6.45, 7) is -0.573. The molecule has 0 radical (unpaired) electrons. The number of hydrogen-bond donors (Lipinski definition) is 5. The Morgan fingerprint density at radius 2 is 1.71 bits per heavy atom. The van der Waals surface area contributed by atoms with Crippen LogP contribution in [0.1, 0.15) is 0 Å². The van der Waals surface area contributed by atoms with Crippen LogP contribution in [0.2, 0.25) is 0 Å². The number of carbonyl (C=O) groups excluding carboxylic acids is 2. The van der Waals surface area contributed by atoms with E-state index >= 15 is 0 Å². The van der Waals surface area contributed by atoms with Gasteiger partial charge in [0, 0.05) is 0 Å².